The summed E-state index contributed by atoms with van der Waals surface area (Å²) < 4.78 is 62.4. The Morgan fingerprint density at radius 3 is 1.98 bits per heavy atom. The zero-order valence-electron chi connectivity index (χ0n) is 26.6. The number of nitrogens with one attached hydrogen (secondary N) is 1. The van der Waals surface area contributed by atoms with Crippen molar-refractivity contribution in [2.75, 3.05) is 24.0 Å². The molecule has 1 atom stereocenters. The van der Waals surface area contributed by atoms with Crippen LogP contribution in [0.15, 0.2) is 108 Å². The number of hydrogen-bond donors (Lipinski definition) is 1. The van der Waals surface area contributed by atoms with Crippen LogP contribution in [0.5, 0.6) is 5.75 Å². The van der Waals surface area contributed by atoms with Gasteiger partial charge in [-0.05, 0) is 84.6 Å². The van der Waals surface area contributed by atoms with Gasteiger partial charge in [0.15, 0.2) is 0 Å². The fraction of sp³-hybridized carbons (Fsp3) is 0.278. The van der Waals surface area contributed by atoms with Gasteiger partial charge in [-0.2, -0.15) is 0 Å². The lowest BCUT2D eigenvalue weighted by molar-refractivity contribution is -0.140. The molecule has 0 aliphatic carbocycles. The van der Waals surface area contributed by atoms with Gasteiger partial charge in [-0.1, -0.05) is 56.3 Å². The average Bonchev–Trinajstić information content (AvgIpc) is 3.06. The Morgan fingerprint density at radius 2 is 1.40 bits per heavy atom. The van der Waals surface area contributed by atoms with Gasteiger partial charge in [0.1, 0.15) is 30.0 Å². The van der Waals surface area contributed by atoms with Gasteiger partial charge in [0, 0.05) is 19.5 Å². The SMILES string of the molecule is CCOc1ccc(S(=O)(=O)N(CC(=O)N(Cc2ccc(F)cc2)[C@@H](Cc2ccccc2)C(=O)NCC(C)C)c2ccc(F)cc2)cc1. The number of sulfonamides is 1. The summed E-state index contributed by atoms with van der Waals surface area (Å²) in [5.41, 5.74) is 1.38. The van der Waals surface area contributed by atoms with E-state index in [0.717, 1.165) is 22.0 Å². The normalized spacial score (nSPS) is 12.0. The molecule has 0 heterocycles. The van der Waals surface area contributed by atoms with Crippen LogP contribution in [-0.2, 0) is 32.6 Å². The van der Waals surface area contributed by atoms with Crippen molar-refractivity contribution in [2.24, 2.45) is 5.92 Å². The van der Waals surface area contributed by atoms with E-state index in [2.05, 4.69) is 5.32 Å². The first-order valence-electron chi connectivity index (χ1n) is 15.3. The third-order valence-corrected chi connectivity index (χ3v) is 9.13. The molecule has 248 valence electrons. The van der Waals surface area contributed by atoms with Crippen LogP contribution in [0.1, 0.15) is 31.9 Å². The van der Waals surface area contributed by atoms with Gasteiger partial charge < -0.3 is 15.0 Å². The number of benzene rings is 4. The van der Waals surface area contributed by atoms with Crippen LogP contribution in [0.25, 0.3) is 0 Å². The molecule has 4 aromatic rings. The summed E-state index contributed by atoms with van der Waals surface area (Å²) in [5, 5.41) is 2.92. The molecular formula is C36H39F2N3O5S. The van der Waals surface area contributed by atoms with Crippen molar-refractivity contribution in [3.05, 3.63) is 126 Å². The fourth-order valence-corrected chi connectivity index (χ4v) is 6.31. The first-order chi connectivity index (χ1) is 22.5. The van der Waals surface area contributed by atoms with E-state index in [1.807, 2.05) is 44.2 Å². The Hall–Kier alpha value is -4.77. The van der Waals surface area contributed by atoms with E-state index in [0.29, 0.717) is 24.5 Å². The summed E-state index contributed by atoms with van der Waals surface area (Å²) in [5.74, 6) is -1.55. The highest BCUT2D eigenvalue weighted by Crippen LogP contribution is 2.27. The summed E-state index contributed by atoms with van der Waals surface area (Å²) in [4.78, 5) is 29.4. The summed E-state index contributed by atoms with van der Waals surface area (Å²) in [6, 6.07) is 24.2. The molecule has 4 aromatic carbocycles. The second-order valence-electron chi connectivity index (χ2n) is 11.4. The van der Waals surface area contributed by atoms with Crippen LogP contribution in [0.2, 0.25) is 0 Å². The van der Waals surface area contributed by atoms with Gasteiger partial charge in [-0.15, -0.1) is 0 Å². The molecule has 0 fully saturated rings. The van der Waals surface area contributed by atoms with Gasteiger partial charge in [0.25, 0.3) is 10.0 Å². The molecule has 0 saturated heterocycles. The number of carbonyl (C=O) groups is 2. The predicted molar refractivity (Wildman–Crippen MR) is 177 cm³/mol. The van der Waals surface area contributed by atoms with Crippen LogP contribution in [0.4, 0.5) is 14.5 Å². The fourth-order valence-electron chi connectivity index (χ4n) is 4.90. The van der Waals surface area contributed by atoms with Crippen molar-refractivity contribution in [1.82, 2.24) is 10.2 Å². The lowest BCUT2D eigenvalue weighted by Gasteiger charge is -2.34. The number of carbonyl (C=O) groups excluding carboxylic acids is 2. The minimum absolute atomic E-state index is 0.0548. The first kappa shape index (κ1) is 35.1. The highest BCUT2D eigenvalue weighted by atomic mass is 32.2. The number of halogens is 2. The van der Waals surface area contributed by atoms with E-state index in [-0.39, 0.29) is 29.5 Å². The summed E-state index contributed by atoms with van der Waals surface area (Å²) in [7, 11) is -4.37. The molecule has 8 nitrogen and oxygen atoms in total. The molecule has 11 heteroatoms. The number of anilines is 1. The van der Waals surface area contributed by atoms with Gasteiger partial charge in [0.2, 0.25) is 11.8 Å². The largest absolute Gasteiger partial charge is 0.494 e. The van der Waals surface area contributed by atoms with Crippen LogP contribution in [-0.4, -0.2) is 50.9 Å². The van der Waals surface area contributed by atoms with Crippen molar-refractivity contribution in [3.63, 3.8) is 0 Å². The van der Waals surface area contributed by atoms with Crippen LogP contribution in [0.3, 0.4) is 0 Å². The molecular weight excluding hydrogens is 624 g/mol. The molecule has 2 amide bonds. The molecule has 1 N–H and O–H groups in total. The average molecular weight is 664 g/mol. The topological polar surface area (TPSA) is 96.0 Å². The van der Waals surface area contributed by atoms with E-state index in [4.69, 9.17) is 4.74 Å². The van der Waals surface area contributed by atoms with Gasteiger partial charge in [0.05, 0.1) is 17.2 Å². The van der Waals surface area contributed by atoms with Crippen LogP contribution >= 0.6 is 0 Å². The monoisotopic (exact) mass is 663 g/mol. The summed E-state index contributed by atoms with van der Waals surface area (Å²) in [6.45, 7) is 5.63. The second-order valence-corrected chi connectivity index (χ2v) is 13.2. The number of amides is 2. The minimum Gasteiger partial charge on any atom is -0.494 e. The Morgan fingerprint density at radius 1 is 0.809 bits per heavy atom. The molecule has 0 aliphatic heterocycles. The van der Waals surface area contributed by atoms with Crippen molar-refractivity contribution >= 4 is 27.5 Å². The van der Waals surface area contributed by atoms with E-state index < -0.39 is 46.1 Å². The molecule has 0 saturated carbocycles. The third-order valence-electron chi connectivity index (χ3n) is 7.34. The number of ether oxygens (including phenoxy) is 1. The Bertz CT molecular complexity index is 1720. The van der Waals surface area contributed by atoms with Crippen molar-refractivity contribution in [2.45, 2.75) is 44.7 Å². The predicted octanol–water partition coefficient (Wildman–Crippen LogP) is 5.97. The summed E-state index contributed by atoms with van der Waals surface area (Å²) in [6.07, 6.45) is 0.139. The molecule has 4 rings (SSSR count). The highest BCUT2D eigenvalue weighted by molar-refractivity contribution is 7.92. The zero-order chi connectivity index (χ0) is 34.0. The number of hydrogen-bond acceptors (Lipinski definition) is 5. The number of nitrogens with zero attached hydrogens (tertiary/aromatic N) is 2. The zero-order valence-corrected chi connectivity index (χ0v) is 27.4. The second kappa shape index (κ2) is 16.2. The maximum atomic E-state index is 14.4. The molecule has 0 spiro atoms. The lowest BCUT2D eigenvalue weighted by atomic mass is 10.0. The first-order valence-corrected chi connectivity index (χ1v) is 16.8. The standard InChI is InChI=1S/C36H39F2N3O5S/c1-4-46-32-18-20-33(21-19-32)47(44,45)41(31-16-14-30(38)15-17-31)25-35(42)40(24-28-10-12-29(37)13-11-28)34(36(43)39-23-26(2)3)22-27-8-6-5-7-9-27/h5-21,26,34H,4,22-25H2,1-3H3,(H,39,43)/t34-/m0/s1. The molecule has 0 aliphatic rings. The quantitative estimate of drug-likeness (QED) is 0.169. The van der Waals surface area contributed by atoms with E-state index in [1.165, 1.54) is 65.6 Å². The minimum atomic E-state index is -4.37. The molecule has 0 radical (unpaired) electrons. The van der Waals surface area contributed by atoms with Crippen molar-refractivity contribution < 1.29 is 31.5 Å². The van der Waals surface area contributed by atoms with Gasteiger partial charge in [-0.25, -0.2) is 17.2 Å². The third kappa shape index (κ3) is 9.62. The molecule has 0 bridgehead atoms. The van der Waals surface area contributed by atoms with E-state index in [1.54, 1.807) is 6.92 Å². The maximum Gasteiger partial charge on any atom is 0.264 e. The lowest BCUT2D eigenvalue weighted by Crippen LogP contribution is -2.53. The van der Waals surface area contributed by atoms with Gasteiger partial charge >= 0.3 is 0 Å². The van der Waals surface area contributed by atoms with Crippen LogP contribution in [0, 0.1) is 17.6 Å². The Kier molecular flexibility index (Phi) is 12.1. The van der Waals surface area contributed by atoms with E-state index >= 15 is 0 Å². The van der Waals surface area contributed by atoms with Crippen molar-refractivity contribution in [1.29, 1.82) is 0 Å². The van der Waals surface area contributed by atoms with Crippen LogP contribution < -0.4 is 14.4 Å². The smallest absolute Gasteiger partial charge is 0.264 e. The molecule has 0 unspecified atom stereocenters. The molecule has 0 aromatic heterocycles. The van der Waals surface area contributed by atoms with E-state index in [9.17, 15) is 26.8 Å². The maximum absolute atomic E-state index is 14.4. The Labute approximate surface area is 275 Å². The van der Waals surface area contributed by atoms with Gasteiger partial charge in [-0.3, -0.25) is 13.9 Å². The Balaban J connectivity index is 1.78. The van der Waals surface area contributed by atoms with Crippen molar-refractivity contribution in [3.8, 4) is 5.75 Å². The highest BCUT2D eigenvalue weighted by Gasteiger charge is 2.34. The number of rotatable bonds is 15. The summed E-state index contributed by atoms with van der Waals surface area (Å²) >= 11 is 0. The molecule has 47 heavy (non-hydrogen) atoms.